The Bertz CT molecular complexity index is 349. The number of allylic oxidation sites excluding steroid dienone is 2. The van der Waals surface area contributed by atoms with Crippen LogP contribution in [-0.2, 0) is 4.84 Å². The van der Waals surface area contributed by atoms with Crippen LogP contribution in [0.1, 0.15) is 54.4 Å². The zero-order valence-corrected chi connectivity index (χ0v) is 13.5. The lowest BCUT2D eigenvalue weighted by molar-refractivity contribution is -0.759. The molecule has 5 heteroatoms. The van der Waals surface area contributed by atoms with Crippen molar-refractivity contribution in [2.75, 3.05) is 6.61 Å². The van der Waals surface area contributed by atoms with E-state index in [4.69, 9.17) is 0 Å². The van der Waals surface area contributed by atoms with Gasteiger partial charge in [-0.05, 0) is 18.9 Å². The average molecular weight is 284 g/mol. The fourth-order valence-corrected chi connectivity index (χ4v) is 1.17. The zero-order valence-electron chi connectivity index (χ0n) is 13.5. The molecular weight excluding hydrogens is 256 g/mol. The number of nitrogens with zero attached hydrogens (tertiary/aromatic N) is 2. The van der Waals surface area contributed by atoms with Crippen LogP contribution < -0.4 is 0 Å². The highest BCUT2D eigenvalue weighted by Crippen LogP contribution is 2.21. The van der Waals surface area contributed by atoms with Crippen LogP contribution in [-0.4, -0.2) is 17.9 Å². The molecule has 0 saturated carbocycles. The number of hydrogen-bond donors (Lipinski definition) is 0. The van der Waals surface area contributed by atoms with Gasteiger partial charge < -0.3 is 4.84 Å². The molecule has 0 amide bonds. The minimum Gasteiger partial charge on any atom is -0.313 e. The first-order chi connectivity index (χ1) is 9.47. The summed E-state index contributed by atoms with van der Waals surface area (Å²) in [6, 6.07) is 0. The molecule has 116 valence electrons. The van der Waals surface area contributed by atoms with Gasteiger partial charge in [-0.2, -0.15) is 0 Å². The van der Waals surface area contributed by atoms with E-state index in [0.717, 1.165) is 12.0 Å². The summed E-state index contributed by atoms with van der Waals surface area (Å²) in [5.41, 5.74) is 0.580. The lowest BCUT2D eigenvalue weighted by Gasteiger charge is -2.17. The summed E-state index contributed by atoms with van der Waals surface area (Å²) in [4.78, 5) is 18.6. The maximum absolute atomic E-state index is 10.1. The summed E-state index contributed by atoms with van der Waals surface area (Å²) in [6.45, 7) is 12.1. The van der Waals surface area contributed by atoms with Crippen LogP contribution in [0.4, 0.5) is 0 Å². The van der Waals surface area contributed by atoms with Crippen LogP contribution in [0.25, 0.3) is 0 Å². The van der Waals surface area contributed by atoms with Crippen molar-refractivity contribution in [3.63, 3.8) is 0 Å². The van der Waals surface area contributed by atoms with E-state index in [9.17, 15) is 10.1 Å². The molecule has 0 spiro atoms. The highest BCUT2D eigenvalue weighted by molar-refractivity contribution is 5.70. The lowest BCUT2D eigenvalue weighted by Crippen LogP contribution is -2.24. The first kappa shape index (κ1) is 20.7. The van der Waals surface area contributed by atoms with Gasteiger partial charge in [0, 0.05) is 17.8 Å². The van der Waals surface area contributed by atoms with Gasteiger partial charge >= 0.3 is 0 Å². The Morgan fingerprint density at radius 3 is 2.35 bits per heavy atom. The van der Waals surface area contributed by atoms with Crippen LogP contribution in [0, 0.1) is 15.5 Å². The fourth-order valence-electron chi connectivity index (χ4n) is 1.17. The van der Waals surface area contributed by atoms with Crippen LogP contribution >= 0.6 is 0 Å². The normalized spacial score (nSPS) is 19.6. The standard InChI is InChI=1S/C10H14N2O3.C3H8.C2H6/c1-3-9-4-5-10(2,7-11-6-9)8-15-12(13)14;1-3-2;1-2/h4-7H,3,8H2,1-2H3;3H2,1-2H3;1-2H3. The molecule has 1 atom stereocenters. The molecule has 0 aromatic carbocycles. The Kier molecular flexibility index (Phi) is 12.8. The van der Waals surface area contributed by atoms with E-state index in [0.29, 0.717) is 0 Å². The predicted octanol–water partition coefficient (Wildman–Crippen LogP) is 4.58. The summed E-state index contributed by atoms with van der Waals surface area (Å²) in [5, 5.41) is 9.31. The molecule has 0 aromatic rings. The topological polar surface area (TPSA) is 64.7 Å². The molecule has 0 aliphatic carbocycles. The summed E-state index contributed by atoms with van der Waals surface area (Å²) in [7, 11) is 0. The van der Waals surface area contributed by atoms with Gasteiger partial charge in [0.2, 0.25) is 0 Å². The van der Waals surface area contributed by atoms with E-state index < -0.39 is 10.5 Å². The summed E-state index contributed by atoms with van der Waals surface area (Å²) in [5.74, 6) is 0. The molecule has 1 unspecified atom stereocenters. The Morgan fingerprint density at radius 2 is 1.90 bits per heavy atom. The van der Waals surface area contributed by atoms with Crippen LogP contribution in [0.3, 0.4) is 0 Å². The van der Waals surface area contributed by atoms with Crippen molar-refractivity contribution in [2.24, 2.45) is 10.4 Å². The van der Waals surface area contributed by atoms with E-state index in [-0.39, 0.29) is 6.61 Å². The molecule has 0 bridgehead atoms. The highest BCUT2D eigenvalue weighted by Gasteiger charge is 2.21. The van der Waals surface area contributed by atoms with Gasteiger partial charge in [0.05, 0.1) is 0 Å². The molecule has 1 aliphatic heterocycles. The van der Waals surface area contributed by atoms with Gasteiger partial charge in [-0.3, -0.25) is 4.99 Å². The third-order valence-corrected chi connectivity index (χ3v) is 2.18. The molecule has 0 aromatic heterocycles. The summed E-state index contributed by atoms with van der Waals surface area (Å²) < 4.78 is 0. The van der Waals surface area contributed by atoms with Gasteiger partial charge in [0.15, 0.2) is 0 Å². The van der Waals surface area contributed by atoms with Crippen molar-refractivity contribution in [3.05, 3.63) is 34.0 Å². The third-order valence-electron chi connectivity index (χ3n) is 2.18. The monoisotopic (exact) mass is 284 g/mol. The maximum Gasteiger partial charge on any atom is 0.294 e. The average Bonchev–Trinajstić information content (AvgIpc) is 2.62. The predicted molar refractivity (Wildman–Crippen MR) is 84.4 cm³/mol. The smallest absolute Gasteiger partial charge is 0.294 e. The summed E-state index contributed by atoms with van der Waals surface area (Å²) in [6.07, 6.45) is 9.36. The van der Waals surface area contributed by atoms with E-state index >= 15 is 0 Å². The van der Waals surface area contributed by atoms with Crippen molar-refractivity contribution < 1.29 is 9.92 Å². The lowest BCUT2D eigenvalue weighted by atomic mass is 9.92. The second-order valence-electron chi connectivity index (χ2n) is 4.38. The highest BCUT2D eigenvalue weighted by atomic mass is 16.9. The second kappa shape index (κ2) is 12.4. The van der Waals surface area contributed by atoms with Gasteiger partial charge in [-0.25, -0.2) is 0 Å². The fraction of sp³-hybridized carbons (Fsp3) is 0.667. The molecule has 20 heavy (non-hydrogen) atoms. The van der Waals surface area contributed by atoms with Crippen LogP contribution in [0.2, 0.25) is 0 Å². The summed E-state index contributed by atoms with van der Waals surface area (Å²) >= 11 is 0. The van der Waals surface area contributed by atoms with Crippen molar-refractivity contribution in [3.8, 4) is 0 Å². The van der Waals surface area contributed by atoms with Gasteiger partial charge in [0.25, 0.3) is 5.09 Å². The first-order valence-corrected chi connectivity index (χ1v) is 7.17. The van der Waals surface area contributed by atoms with E-state index in [1.807, 2.05) is 39.8 Å². The van der Waals surface area contributed by atoms with Crippen molar-refractivity contribution >= 4 is 6.21 Å². The van der Waals surface area contributed by atoms with Gasteiger partial charge in [-0.15, -0.1) is 10.1 Å². The molecule has 0 N–H and O–H groups in total. The molecule has 1 rings (SSSR count). The molecule has 1 heterocycles. The number of rotatable bonds is 4. The van der Waals surface area contributed by atoms with Crippen molar-refractivity contribution in [1.29, 1.82) is 0 Å². The van der Waals surface area contributed by atoms with E-state index in [2.05, 4.69) is 23.7 Å². The molecule has 0 fully saturated rings. The molecule has 0 saturated heterocycles. The zero-order chi connectivity index (χ0) is 16.0. The molecule has 1 aliphatic rings. The van der Waals surface area contributed by atoms with Crippen molar-refractivity contribution in [2.45, 2.75) is 54.4 Å². The van der Waals surface area contributed by atoms with Crippen LogP contribution in [0.15, 0.2) is 28.9 Å². The second-order valence-corrected chi connectivity index (χ2v) is 4.38. The molecule has 0 radical (unpaired) electrons. The van der Waals surface area contributed by atoms with Crippen LogP contribution in [0.5, 0.6) is 0 Å². The molecular formula is C15H28N2O3. The third kappa shape index (κ3) is 10.3. The Labute approximate surface area is 122 Å². The number of aliphatic imine (C=N–C) groups is 1. The Morgan fingerprint density at radius 1 is 1.35 bits per heavy atom. The quantitative estimate of drug-likeness (QED) is 0.560. The van der Waals surface area contributed by atoms with Gasteiger partial charge in [-0.1, -0.05) is 53.2 Å². The van der Waals surface area contributed by atoms with Crippen molar-refractivity contribution in [1.82, 2.24) is 0 Å². The van der Waals surface area contributed by atoms with E-state index in [1.54, 1.807) is 12.4 Å². The Balaban J connectivity index is 0. The molecule has 5 nitrogen and oxygen atoms in total. The van der Waals surface area contributed by atoms with Gasteiger partial charge in [0.1, 0.15) is 6.61 Å². The Hall–Kier alpha value is -1.65. The first-order valence-electron chi connectivity index (χ1n) is 7.17. The maximum atomic E-state index is 10.1. The minimum atomic E-state index is -0.786. The number of hydrogen-bond acceptors (Lipinski definition) is 4. The minimum absolute atomic E-state index is 0.00909. The van der Waals surface area contributed by atoms with E-state index in [1.165, 1.54) is 6.42 Å². The SMILES string of the molecule is CC.CCC.CCC1=CN=CC(C)(CO[N+](=O)[O-])C=C1. The largest absolute Gasteiger partial charge is 0.313 e.